The van der Waals surface area contributed by atoms with Gasteiger partial charge in [0.05, 0.1) is 30.3 Å². The number of fused-ring (bicyclic) bond motifs is 2. The lowest BCUT2D eigenvalue weighted by Crippen LogP contribution is -2.40. The lowest BCUT2D eigenvalue weighted by atomic mass is 9.57. The number of allylic oxidation sites excluding steroid dienone is 1. The fourth-order valence-corrected chi connectivity index (χ4v) is 6.02. The van der Waals surface area contributed by atoms with Crippen molar-refractivity contribution in [3.05, 3.63) is 82.4 Å². The van der Waals surface area contributed by atoms with Gasteiger partial charge in [0.25, 0.3) is 0 Å². The van der Waals surface area contributed by atoms with E-state index in [1.54, 1.807) is 12.1 Å². The van der Waals surface area contributed by atoms with Crippen molar-refractivity contribution in [1.82, 2.24) is 9.78 Å². The van der Waals surface area contributed by atoms with E-state index in [-0.39, 0.29) is 22.9 Å². The van der Waals surface area contributed by atoms with Gasteiger partial charge in [-0.3, -0.25) is 0 Å². The van der Waals surface area contributed by atoms with Gasteiger partial charge in [0.15, 0.2) is 11.6 Å². The number of nitrogens with zero attached hydrogens (tertiary/aromatic N) is 2. The van der Waals surface area contributed by atoms with Crippen molar-refractivity contribution in [2.24, 2.45) is 17.3 Å². The Morgan fingerprint density at radius 3 is 2.74 bits per heavy atom. The Hall–Kier alpha value is -2.92. The van der Waals surface area contributed by atoms with Crippen LogP contribution in [0.25, 0.3) is 11.8 Å². The second kappa shape index (κ2) is 8.63. The molecule has 3 aliphatic carbocycles. The van der Waals surface area contributed by atoms with Crippen molar-refractivity contribution in [2.75, 3.05) is 6.61 Å². The van der Waals surface area contributed by atoms with Crippen molar-refractivity contribution >= 4 is 6.08 Å². The first-order valence-corrected chi connectivity index (χ1v) is 12.9. The third kappa shape index (κ3) is 4.10. The highest BCUT2D eigenvalue weighted by molar-refractivity contribution is 5.61. The summed E-state index contributed by atoms with van der Waals surface area (Å²) in [5, 5.41) is 16.3. The Labute approximate surface area is 206 Å². The maximum atomic E-state index is 14.4. The number of rotatable bonds is 6. The van der Waals surface area contributed by atoms with E-state index in [1.807, 2.05) is 10.9 Å². The zero-order valence-corrected chi connectivity index (χ0v) is 20.5. The first-order chi connectivity index (χ1) is 16.9. The topological polar surface area (TPSA) is 47.3 Å². The molecule has 2 aromatic carbocycles. The quantitative estimate of drug-likeness (QED) is 0.440. The number of aryl methyl sites for hydroxylation is 1. The lowest BCUT2D eigenvalue weighted by Gasteiger charge is -2.47. The molecule has 6 rings (SSSR count). The number of benzene rings is 2. The van der Waals surface area contributed by atoms with E-state index in [2.05, 4.69) is 44.2 Å². The Bertz CT molecular complexity index is 1270. The predicted molar refractivity (Wildman–Crippen MR) is 135 cm³/mol. The summed E-state index contributed by atoms with van der Waals surface area (Å²) in [6.07, 6.45) is 9.75. The molecule has 0 spiro atoms. The Morgan fingerprint density at radius 1 is 1.17 bits per heavy atom. The molecule has 0 aliphatic heterocycles. The molecule has 1 heterocycles. The van der Waals surface area contributed by atoms with Gasteiger partial charge < -0.3 is 9.84 Å². The van der Waals surface area contributed by atoms with Crippen LogP contribution < -0.4 is 4.74 Å². The molecule has 35 heavy (non-hydrogen) atoms. The average molecular weight is 473 g/mol. The second-order valence-electron chi connectivity index (χ2n) is 11.0. The molecule has 2 saturated carbocycles. The standard InChI is InChI=1S/C30H33FN2O2/c1-19-6-11-24(12-7-19)33-27-15-23-4-3-5-25(30(23,2)16-22(27)17-32-33)29(34)21-10-13-26(31)28(14-21)35-18-20-8-9-20/h6-7,10-15,17,20,25,29,34H,3-5,8-9,16,18H2,1-2H3/t25-,29+,30+/m1/s1. The fourth-order valence-electron chi connectivity index (χ4n) is 6.02. The van der Waals surface area contributed by atoms with E-state index in [9.17, 15) is 9.50 Å². The van der Waals surface area contributed by atoms with E-state index in [0.717, 1.165) is 55.5 Å². The number of hydrogen-bond acceptors (Lipinski definition) is 3. The molecular weight excluding hydrogens is 439 g/mol. The number of aromatic nitrogens is 2. The van der Waals surface area contributed by atoms with Crippen LogP contribution in [-0.2, 0) is 6.42 Å². The Balaban J connectivity index is 1.30. The summed E-state index contributed by atoms with van der Waals surface area (Å²) in [5.74, 6) is 0.490. The third-order valence-electron chi connectivity index (χ3n) is 8.40. The number of aliphatic hydroxyl groups excluding tert-OH is 1. The first-order valence-electron chi connectivity index (χ1n) is 12.9. The molecular formula is C30H33FN2O2. The molecule has 4 nitrogen and oxygen atoms in total. The Morgan fingerprint density at radius 2 is 1.97 bits per heavy atom. The molecule has 0 amide bonds. The summed E-state index contributed by atoms with van der Waals surface area (Å²) in [5.41, 5.74) is 6.60. The van der Waals surface area contributed by atoms with Crippen LogP contribution in [0.15, 0.2) is 54.2 Å². The minimum Gasteiger partial charge on any atom is -0.490 e. The predicted octanol–water partition coefficient (Wildman–Crippen LogP) is 6.59. The number of ether oxygens (including phenoxy) is 1. The molecule has 3 atom stereocenters. The van der Waals surface area contributed by atoms with E-state index in [1.165, 1.54) is 22.8 Å². The molecule has 0 unspecified atom stereocenters. The molecule has 3 aromatic rings. The van der Waals surface area contributed by atoms with Gasteiger partial charge in [-0.25, -0.2) is 9.07 Å². The summed E-state index contributed by atoms with van der Waals surface area (Å²) < 4.78 is 22.2. The lowest BCUT2D eigenvalue weighted by molar-refractivity contribution is 0.0215. The van der Waals surface area contributed by atoms with Gasteiger partial charge in [-0.15, -0.1) is 0 Å². The van der Waals surface area contributed by atoms with E-state index >= 15 is 0 Å². The van der Waals surface area contributed by atoms with Crippen LogP contribution in [0.1, 0.15) is 67.5 Å². The van der Waals surface area contributed by atoms with Gasteiger partial charge in [-0.05, 0) is 104 Å². The molecule has 2 fully saturated rings. The summed E-state index contributed by atoms with van der Waals surface area (Å²) in [4.78, 5) is 0. The third-order valence-corrected chi connectivity index (χ3v) is 8.40. The fraction of sp³-hybridized carbons (Fsp3) is 0.433. The van der Waals surface area contributed by atoms with Crippen LogP contribution in [0, 0.1) is 30.0 Å². The maximum Gasteiger partial charge on any atom is 0.165 e. The molecule has 182 valence electrons. The summed E-state index contributed by atoms with van der Waals surface area (Å²) in [7, 11) is 0. The summed E-state index contributed by atoms with van der Waals surface area (Å²) >= 11 is 0. The molecule has 5 heteroatoms. The summed E-state index contributed by atoms with van der Waals surface area (Å²) in [6.45, 7) is 4.93. The molecule has 1 N–H and O–H groups in total. The van der Waals surface area contributed by atoms with Gasteiger partial charge in [-0.2, -0.15) is 5.10 Å². The van der Waals surface area contributed by atoms with Crippen molar-refractivity contribution in [1.29, 1.82) is 0 Å². The van der Waals surface area contributed by atoms with Gasteiger partial charge >= 0.3 is 0 Å². The van der Waals surface area contributed by atoms with Crippen LogP contribution in [0.2, 0.25) is 0 Å². The molecule has 3 aliphatic rings. The summed E-state index contributed by atoms with van der Waals surface area (Å²) in [6, 6.07) is 13.3. The molecule has 0 radical (unpaired) electrons. The number of hydrogen-bond donors (Lipinski definition) is 1. The first kappa shape index (κ1) is 22.5. The number of aliphatic hydroxyl groups is 1. The zero-order chi connectivity index (χ0) is 24.2. The zero-order valence-electron chi connectivity index (χ0n) is 20.5. The van der Waals surface area contributed by atoms with Gasteiger partial charge in [0.2, 0.25) is 0 Å². The van der Waals surface area contributed by atoms with Gasteiger partial charge in [-0.1, -0.05) is 36.3 Å². The maximum absolute atomic E-state index is 14.4. The minimum absolute atomic E-state index is 0.0418. The molecule has 1 aromatic heterocycles. The van der Waals surface area contributed by atoms with Crippen molar-refractivity contribution in [3.63, 3.8) is 0 Å². The van der Waals surface area contributed by atoms with E-state index in [4.69, 9.17) is 9.84 Å². The van der Waals surface area contributed by atoms with Gasteiger partial charge in [0.1, 0.15) is 0 Å². The highest BCUT2D eigenvalue weighted by Crippen LogP contribution is 2.55. The molecule has 0 bridgehead atoms. The Kier molecular flexibility index (Phi) is 5.56. The average Bonchev–Trinajstić information content (AvgIpc) is 3.60. The van der Waals surface area contributed by atoms with Crippen LogP contribution in [0.3, 0.4) is 0 Å². The van der Waals surface area contributed by atoms with Crippen LogP contribution in [0.4, 0.5) is 4.39 Å². The highest BCUT2D eigenvalue weighted by Gasteiger charge is 2.46. The van der Waals surface area contributed by atoms with Crippen molar-refractivity contribution < 1.29 is 14.2 Å². The van der Waals surface area contributed by atoms with Crippen molar-refractivity contribution in [2.45, 2.75) is 58.5 Å². The van der Waals surface area contributed by atoms with E-state index < -0.39 is 6.10 Å². The smallest absolute Gasteiger partial charge is 0.165 e. The second-order valence-corrected chi connectivity index (χ2v) is 11.0. The minimum atomic E-state index is -0.679. The number of halogens is 1. The largest absolute Gasteiger partial charge is 0.490 e. The van der Waals surface area contributed by atoms with Gasteiger partial charge in [0, 0.05) is 0 Å². The van der Waals surface area contributed by atoms with Crippen LogP contribution >= 0.6 is 0 Å². The molecule has 0 saturated heterocycles. The monoisotopic (exact) mass is 472 g/mol. The van der Waals surface area contributed by atoms with E-state index in [0.29, 0.717) is 12.5 Å². The van der Waals surface area contributed by atoms with Crippen LogP contribution in [-0.4, -0.2) is 21.5 Å². The SMILES string of the molecule is Cc1ccc(-n2ncc3c2C=C2CCC[C@H]([C@@H](O)c4ccc(F)c(OCC5CC5)c4)[C@@]2(C)C3)cc1. The highest BCUT2D eigenvalue weighted by atomic mass is 19.1. The van der Waals surface area contributed by atoms with Crippen LogP contribution in [0.5, 0.6) is 5.75 Å². The van der Waals surface area contributed by atoms with Crippen molar-refractivity contribution in [3.8, 4) is 11.4 Å². The normalized spacial score (nSPS) is 24.3.